The van der Waals surface area contributed by atoms with E-state index in [1.807, 2.05) is 36.4 Å². The van der Waals surface area contributed by atoms with Crippen LogP contribution in [-0.2, 0) is 0 Å². The lowest BCUT2D eigenvalue weighted by Crippen LogP contribution is -2.17. The maximum Gasteiger partial charge on any atom is 0.271 e. The minimum atomic E-state index is -0.292. The monoisotopic (exact) mass is 434 g/mol. The smallest absolute Gasteiger partial charge is 0.271 e. The van der Waals surface area contributed by atoms with Crippen molar-refractivity contribution in [3.63, 3.8) is 0 Å². The molecule has 0 spiro atoms. The highest BCUT2D eigenvalue weighted by Gasteiger charge is 2.10. The molecule has 4 rings (SSSR count). The molecule has 162 valence electrons. The lowest BCUT2D eigenvalue weighted by atomic mass is 10.1. The molecule has 0 aliphatic carbocycles. The third-order valence-corrected chi connectivity index (χ3v) is 5.10. The van der Waals surface area contributed by atoms with E-state index in [1.165, 1.54) is 0 Å². The first-order chi connectivity index (χ1) is 16.2. The molecule has 0 aliphatic rings. The van der Waals surface area contributed by atoms with Crippen molar-refractivity contribution in [2.24, 2.45) is 5.10 Å². The number of carbonyl (C=O) groups is 1. The van der Waals surface area contributed by atoms with E-state index in [1.54, 1.807) is 42.6 Å². The van der Waals surface area contributed by atoms with Crippen molar-refractivity contribution in [2.75, 3.05) is 6.61 Å². The van der Waals surface area contributed by atoms with E-state index in [0.29, 0.717) is 11.3 Å². The van der Waals surface area contributed by atoms with Gasteiger partial charge in [-0.25, -0.2) is 5.43 Å². The van der Waals surface area contributed by atoms with Gasteiger partial charge < -0.3 is 9.30 Å². The van der Waals surface area contributed by atoms with Gasteiger partial charge in [0.25, 0.3) is 5.91 Å². The maximum absolute atomic E-state index is 12.5. The molecule has 1 aromatic heterocycles. The summed E-state index contributed by atoms with van der Waals surface area (Å²) in [6.07, 6.45) is 1.55. The van der Waals surface area contributed by atoms with E-state index >= 15 is 0 Å². The molecule has 6 nitrogen and oxygen atoms in total. The van der Waals surface area contributed by atoms with E-state index in [4.69, 9.17) is 10.00 Å². The second kappa shape index (κ2) is 10.1. The van der Waals surface area contributed by atoms with Gasteiger partial charge in [-0.1, -0.05) is 30.3 Å². The van der Waals surface area contributed by atoms with Gasteiger partial charge in [0.05, 0.1) is 11.9 Å². The summed E-state index contributed by atoms with van der Waals surface area (Å²) < 4.78 is 7.38. The van der Waals surface area contributed by atoms with Crippen LogP contribution in [-0.4, -0.2) is 23.3 Å². The van der Waals surface area contributed by atoms with Crippen molar-refractivity contribution in [3.05, 3.63) is 108 Å². The topological polar surface area (TPSA) is 79.4 Å². The minimum Gasteiger partial charge on any atom is -0.479 e. The van der Waals surface area contributed by atoms with Crippen LogP contribution >= 0.6 is 0 Å². The van der Waals surface area contributed by atoms with Crippen LogP contribution in [0.2, 0.25) is 0 Å². The number of aromatic nitrogens is 1. The van der Waals surface area contributed by atoms with Crippen LogP contribution in [0.1, 0.15) is 21.6 Å². The highest BCUT2D eigenvalue weighted by Crippen LogP contribution is 2.26. The van der Waals surface area contributed by atoms with Crippen LogP contribution in [0.5, 0.6) is 5.75 Å². The predicted octanol–water partition coefficient (Wildman–Crippen LogP) is 5.12. The van der Waals surface area contributed by atoms with E-state index in [2.05, 4.69) is 46.3 Å². The molecule has 6 heteroatoms. The first-order valence-corrected chi connectivity index (χ1v) is 10.4. The van der Waals surface area contributed by atoms with Crippen LogP contribution < -0.4 is 10.2 Å². The number of hydrogen-bond acceptors (Lipinski definition) is 4. The van der Waals surface area contributed by atoms with Gasteiger partial charge in [-0.15, -0.1) is 0 Å². The first kappa shape index (κ1) is 21.6. The average molecular weight is 434 g/mol. The number of hydrazone groups is 1. The molecule has 0 fully saturated rings. The Morgan fingerprint density at radius 2 is 1.73 bits per heavy atom. The molecular weight excluding hydrogens is 412 g/mol. The Kier molecular flexibility index (Phi) is 6.62. The van der Waals surface area contributed by atoms with Crippen LogP contribution in [0.3, 0.4) is 0 Å². The highest BCUT2D eigenvalue weighted by molar-refractivity contribution is 5.95. The number of nitrogens with zero attached hydrogens (tertiary/aromatic N) is 3. The molecular formula is C27H22N4O2. The minimum absolute atomic E-state index is 0.000244. The Hall–Kier alpha value is -4.63. The fourth-order valence-corrected chi connectivity index (χ4v) is 3.47. The van der Waals surface area contributed by atoms with Crippen molar-refractivity contribution in [2.45, 2.75) is 6.92 Å². The number of benzene rings is 3. The predicted molar refractivity (Wildman–Crippen MR) is 129 cm³/mol. The van der Waals surface area contributed by atoms with Gasteiger partial charge in [-0.3, -0.25) is 4.79 Å². The number of amides is 1. The van der Waals surface area contributed by atoms with E-state index < -0.39 is 0 Å². The van der Waals surface area contributed by atoms with E-state index in [-0.39, 0.29) is 12.5 Å². The average Bonchev–Trinajstić information content (AvgIpc) is 3.25. The molecule has 0 aliphatic heterocycles. The molecule has 0 radical (unpaired) electrons. The fraction of sp³-hybridized carbons (Fsp3) is 0.0741. The summed E-state index contributed by atoms with van der Waals surface area (Å²) in [5.41, 5.74) is 8.18. The second-order valence-corrected chi connectivity index (χ2v) is 7.32. The van der Waals surface area contributed by atoms with E-state index in [9.17, 15) is 4.79 Å². The van der Waals surface area contributed by atoms with Gasteiger partial charge in [0, 0.05) is 16.9 Å². The third-order valence-electron chi connectivity index (χ3n) is 5.10. The summed E-state index contributed by atoms with van der Waals surface area (Å²) in [4.78, 5) is 12.5. The summed E-state index contributed by atoms with van der Waals surface area (Å²) in [5, 5.41) is 12.6. The Morgan fingerprint density at radius 1 is 1.00 bits per heavy atom. The van der Waals surface area contributed by atoms with Gasteiger partial charge in [-0.2, -0.15) is 10.4 Å². The maximum atomic E-state index is 12.5. The molecule has 1 N–H and O–H groups in total. The van der Waals surface area contributed by atoms with Crippen LogP contribution in [0.4, 0.5) is 0 Å². The fourth-order valence-electron chi connectivity index (χ4n) is 3.47. The van der Waals surface area contributed by atoms with Crippen molar-refractivity contribution in [3.8, 4) is 28.8 Å². The molecule has 1 amide bonds. The lowest BCUT2D eigenvalue weighted by molar-refractivity contribution is 0.0955. The normalized spacial score (nSPS) is 10.7. The van der Waals surface area contributed by atoms with Crippen molar-refractivity contribution >= 4 is 12.1 Å². The number of nitrogens with one attached hydrogen (secondary N) is 1. The largest absolute Gasteiger partial charge is 0.479 e. The van der Waals surface area contributed by atoms with Crippen molar-refractivity contribution in [1.82, 2.24) is 9.99 Å². The summed E-state index contributed by atoms with van der Waals surface area (Å²) in [6.45, 7) is 2.06. The second-order valence-electron chi connectivity index (χ2n) is 7.32. The zero-order valence-corrected chi connectivity index (χ0v) is 18.1. The SMILES string of the molecule is Cc1ccc(-c2ccccc2)n1-c1ccc(C(=O)N/N=C/c2ccc(OCC#N)cc2)cc1. The van der Waals surface area contributed by atoms with Gasteiger partial charge >= 0.3 is 0 Å². The zero-order valence-electron chi connectivity index (χ0n) is 18.1. The van der Waals surface area contributed by atoms with E-state index in [0.717, 1.165) is 28.2 Å². The summed E-state index contributed by atoms with van der Waals surface area (Å²) >= 11 is 0. The van der Waals surface area contributed by atoms with Crippen LogP contribution in [0, 0.1) is 18.3 Å². The van der Waals surface area contributed by atoms with Gasteiger partial charge in [0.15, 0.2) is 6.61 Å². The van der Waals surface area contributed by atoms with Crippen molar-refractivity contribution in [1.29, 1.82) is 5.26 Å². The first-order valence-electron chi connectivity index (χ1n) is 10.4. The van der Waals surface area contributed by atoms with Crippen LogP contribution in [0.25, 0.3) is 16.9 Å². The molecule has 0 saturated carbocycles. The third kappa shape index (κ3) is 5.17. The molecule has 1 heterocycles. The Labute approximate surface area is 192 Å². The summed E-state index contributed by atoms with van der Waals surface area (Å²) in [7, 11) is 0. The highest BCUT2D eigenvalue weighted by atomic mass is 16.5. The molecule has 0 bridgehead atoms. The number of aryl methyl sites for hydroxylation is 1. The number of rotatable bonds is 7. The number of nitriles is 1. The Balaban J connectivity index is 1.43. The Bertz CT molecular complexity index is 1300. The quantitative estimate of drug-likeness (QED) is 0.324. The molecule has 0 atom stereocenters. The molecule has 0 saturated heterocycles. The van der Waals surface area contributed by atoms with Gasteiger partial charge in [-0.05, 0) is 78.7 Å². The Morgan fingerprint density at radius 3 is 2.42 bits per heavy atom. The number of ether oxygens (including phenoxy) is 1. The lowest BCUT2D eigenvalue weighted by Gasteiger charge is -2.12. The van der Waals surface area contributed by atoms with Gasteiger partial charge in [0.1, 0.15) is 11.8 Å². The summed E-state index contributed by atoms with van der Waals surface area (Å²) in [5.74, 6) is 0.311. The van der Waals surface area contributed by atoms with Gasteiger partial charge in [0.2, 0.25) is 0 Å². The molecule has 0 unspecified atom stereocenters. The van der Waals surface area contributed by atoms with Crippen LogP contribution in [0.15, 0.2) is 96.1 Å². The number of hydrogen-bond donors (Lipinski definition) is 1. The summed E-state index contributed by atoms with van der Waals surface area (Å²) in [6, 6.07) is 30.8. The van der Waals surface area contributed by atoms with Crippen molar-refractivity contribution < 1.29 is 9.53 Å². The molecule has 33 heavy (non-hydrogen) atoms. The zero-order chi connectivity index (χ0) is 23.0. The standard InChI is InChI=1S/C27H22N4O2/c1-20-7-16-26(22-5-3-2-4-6-22)31(20)24-12-10-23(11-13-24)27(32)30-29-19-21-8-14-25(15-9-21)33-18-17-28/h2-16,19H,18H2,1H3,(H,30,32)/b29-19+. The molecule has 4 aromatic rings. The molecule has 3 aromatic carbocycles. The number of carbonyl (C=O) groups excluding carboxylic acids is 1.